The highest BCUT2D eigenvalue weighted by molar-refractivity contribution is 5.38. The van der Waals surface area contributed by atoms with Gasteiger partial charge < -0.3 is 10.1 Å². The van der Waals surface area contributed by atoms with E-state index in [-0.39, 0.29) is 11.5 Å². The summed E-state index contributed by atoms with van der Waals surface area (Å²) in [6, 6.07) is 8.69. The fourth-order valence-electron chi connectivity index (χ4n) is 2.21. The molecule has 0 aromatic heterocycles. The van der Waals surface area contributed by atoms with Crippen molar-refractivity contribution in [2.75, 3.05) is 13.7 Å². The highest BCUT2D eigenvalue weighted by atomic mass is 16.5. The normalized spacial score (nSPS) is 12.8. The zero-order chi connectivity index (χ0) is 15.2. The van der Waals surface area contributed by atoms with E-state index in [1.807, 2.05) is 6.07 Å². The van der Waals surface area contributed by atoms with Crippen LogP contribution in [0.25, 0.3) is 0 Å². The minimum atomic E-state index is 0.126. The Morgan fingerprint density at radius 1 is 1.40 bits per heavy atom. The van der Waals surface area contributed by atoms with Crippen LogP contribution in [0.5, 0.6) is 5.75 Å². The molecule has 1 aromatic rings. The predicted octanol–water partition coefficient (Wildman–Crippen LogP) is 3.98. The molecule has 20 heavy (non-hydrogen) atoms. The van der Waals surface area contributed by atoms with Crippen LogP contribution in [0, 0.1) is 23.7 Å². The van der Waals surface area contributed by atoms with Gasteiger partial charge in [-0.1, -0.05) is 31.5 Å². The van der Waals surface area contributed by atoms with Crippen LogP contribution in [0.2, 0.25) is 0 Å². The van der Waals surface area contributed by atoms with Crippen LogP contribution in [0.15, 0.2) is 18.2 Å². The monoisotopic (exact) mass is 274 g/mol. The highest BCUT2D eigenvalue weighted by Gasteiger charge is 2.19. The molecule has 0 spiro atoms. The summed E-state index contributed by atoms with van der Waals surface area (Å²) in [7, 11) is 1.71. The summed E-state index contributed by atoms with van der Waals surface area (Å²) in [4.78, 5) is 0. The SMILES string of the molecule is COc1ccc(C)cc1C(C)NCC(C)(C)CCC#N. The van der Waals surface area contributed by atoms with Crippen LogP contribution in [0.3, 0.4) is 0 Å². The number of nitrogens with one attached hydrogen (secondary N) is 1. The third-order valence-electron chi connectivity index (χ3n) is 3.65. The van der Waals surface area contributed by atoms with Gasteiger partial charge in [-0.15, -0.1) is 0 Å². The first-order valence-electron chi connectivity index (χ1n) is 7.14. The molecule has 0 saturated heterocycles. The van der Waals surface area contributed by atoms with E-state index < -0.39 is 0 Å². The number of ether oxygens (including phenoxy) is 1. The molecule has 0 amide bonds. The molecule has 0 aliphatic heterocycles. The first kappa shape index (κ1) is 16.5. The Kier molecular flexibility index (Phi) is 6.04. The molecule has 110 valence electrons. The molecule has 3 heteroatoms. The molecule has 1 atom stereocenters. The van der Waals surface area contributed by atoms with Gasteiger partial charge >= 0.3 is 0 Å². The third-order valence-corrected chi connectivity index (χ3v) is 3.65. The molecule has 1 rings (SSSR count). The van der Waals surface area contributed by atoms with E-state index in [0.717, 1.165) is 18.7 Å². The van der Waals surface area contributed by atoms with Crippen molar-refractivity contribution < 1.29 is 4.74 Å². The van der Waals surface area contributed by atoms with E-state index in [9.17, 15) is 0 Å². The van der Waals surface area contributed by atoms with Crippen LogP contribution in [0.1, 0.15) is 50.8 Å². The molecule has 0 aliphatic rings. The zero-order valence-electron chi connectivity index (χ0n) is 13.3. The van der Waals surface area contributed by atoms with E-state index in [1.54, 1.807) is 7.11 Å². The topological polar surface area (TPSA) is 45.0 Å². The second-order valence-corrected chi connectivity index (χ2v) is 6.17. The van der Waals surface area contributed by atoms with Crippen LogP contribution in [-0.4, -0.2) is 13.7 Å². The van der Waals surface area contributed by atoms with Crippen molar-refractivity contribution in [3.63, 3.8) is 0 Å². The van der Waals surface area contributed by atoms with E-state index in [1.165, 1.54) is 11.1 Å². The Hall–Kier alpha value is -1.53. The first-order valence-corrected chi connectivity index (χ1v) is 7.14. The Morgan fingerprint density at radius 2 is 2.10 bits per heavy atom. The summed E-state index contributed by atoms with van der Waals surface area (Å²) in [5, 5.41) is 12.3. The molecule has 0 radical (unpaired) electrons. The van der Waals surface area contributed by atoms with Gasteiger partial charge in [0, 0.05) is 24.6 Å². The smallest absolute Gasteiger partial charge is 0.123 e. The number of nitrogens with zero attached hydrogens (tertiary/aromatic N) is 1. The Balaban J connectivity index is 2.69. The Labute approximate surface area is 123 Å². The lowest BCUT2D eigenvalue weighted by Crippen LogP contribution is -2.31. The van der Waals surface area contributed by atoms with Crippen molar-refractivity contribution in [1.29, 1.82) is 5.26 Å². The van der Waals surface area contributed by atoms with Gasteiger partial charge in [-0.3, -0.25) is 0 Å². The van der Waals surface area contributed by atoms with Crippen molar-refractivity contribution >= 4 is 0 Å². The third kappa shape index (κ3) is 4.86. The van der Waals surface area contributed by atoms with Gasteiger partial charge in [0.05, 0.1) is 13.2 Å². The summed E-state index contributed by atoms with van der Waals surface area (Å²) in [5.74, 6) is 0.922. The predicted molar refractivity (Wildman–Crippen MR) is 82.8 cm³/mol. The summed E-state index contributed by atoms with van der Waals surface area (Å²) in [5.41, 5.74) is 2.54. The molecule has 0 heterocycles. The number of benzene rings is 1. The lowest BCUT2D eigenvalue weighted by atomic mass is 9.87. The van der Waals surface area contributed by atoms with Crippen molar-refractivity contribution in [2.45, 2.75) is 46.6 Å². The van der Waals surface area contributed by atoms with Gasteiger partial charge in [0.2, 0.25) is 0 Å². The van der Waals surface area contributed by atoms with Gasteiger partial charge in [-0.05, 0) is 31.7 Å². The lowest BCUT2D eigenvalue weighted by Gasteiger charge is -2.27. The number of aryl methyl sites for hydroxylation is 1. The quantitative estimate of drug-likeness (QED) is 0.818. The van der Waals surface area contributed by atoms with Gasteiger partial charge in [0.15, 0.2) is 0 Å². The summed E-state index contributed by atoms with van der Waals surface area (Å²) < 4.78 is 5.44. The molecule has 1 aromatic carbocycles. The number of nitriles is 1. The van der Waals surface area contributed by atoms with Crippen molar-refractivity contribution in [3.8, 4) is 11.8 Å². The minimum absolute atomic E-state index is 0.126. The molecule has 0 aliphatic carbocycles. The molecule has 1 N–H and O–H groups in total. The number of methoxy groups -OCH3 is 1. The molecule has 0 saturated carbocycles. The average Bonchev–Trinajstić information content (AvgIpc) is 2.42. The molecular formula is C17H26N2O. The second-order valence-electron chi connectivity index (χ2n) is 6.17. The Bertz CT molecular complexity index is 474. The minimum Gasteiger partial charge on any atom is -0.496 e. The van der Waals surface area contributed by atoms with E-state index in [4.69, 9.17) is 10.00 Å². The van der Waals surface area contributed by atoms with Gasteiger partial charge in [0.25, 0.3) is 0 Å². The number of rotatable bonds is 7. The van der Waals surface area contributed by atoms with Crippen molar-refractivity contribution in [2.24, 2.45) is 5.41 Å². The molecule has 1 unspecified atom stereocenters. The largest absolute Gasteiger partial charge is 0.496 e. The van der Waals surface area contributed by atoms with Gasteiger partial charge in [-0.25, -0.2) is 0 Å². The van der Waals surface area contributed by atoms with Gasteiger partial charge in [0.1, 0.15) is 5.75 Å². The summed E-state index contributed by atoms with van der Waals surface area (Å²) >= 11 is 0. The molecular weight excluding hydrogens is 248 g/mol. The summed E-state index contributed by atoms with van der Waals surface area (Å²) in [6.07, 6.45) is 1.52. The first-order chi connectivity index (χ1) is 9.39. The van der Waals surface area contributed by atoms with Crippen LogP contribution in [0.4, 0.5) is 0 Å². The highest BCUT2D eigenvalue weighted by Crippen LogP contribution is 2.28. The van der Waals surface area contributed by atoms with Crippen LogP contribution in [-0.2, 0) is 0 Å². The maximum Gasteiger partial charge on any atom is 0.123 e. The molecule has 0 bridgehead atoms. The maximum atomic E-state index is 8.70. The number of hydrogen-bond donors (Lipinski definition) is 1. The van der Waals surface area contributed by atoms with Crippen LogP contribution >= 0.6 is 0 Å². The molecule has 3 nitrogen and oxygen atoms in total. The van der Waals surface area contributed by atoms with Crippen molar-refractivity contribution in [1.82, 2.24) is 5.32 Å². The van der Waals surface area contributed by atoms with E-state index in [0.29, 0.717) is 6.42 Å². The molecule has 0 fully saturated rings. The summed E-state index contributed by atoms with van der Waals surface area (Å²) in [6.45, 7) is 9.51. The number of hydrogen-bond acceptors (Lipinski definition) is 3. The van der Waals surface area contributed by atoms with E-state index >= 15 is 0 Å². The lowest BCUT2D eigenvalue weighted by molar-refractivity contribution is 0.302. The standard InChI is InChI=1S/C17H26N2O/c1-13-7-8-16(20-5)15(11-13)14(2)19-12-17(3,4)9-6-10-18/h7-8,11,14,19H,6,9,12H2,1-5H3. The van der Waals surface area contributed by atoms with Gasteiger partial charge in [-0.2, -0.15) is 5.26 Å². The fourth-order valence-corrected chi connectivity index (χ4v) is 2.21. The maximum absolute atomic E-state index is 8.70. The zero-order valence-corrected chi connectivity index (χ0v) is 13.3. The van der Waals surface area contributed by atoms with Crippen LogP contribution < -0.4 is 10.1 Å². The van der Waals surface area contributed by atoms with E-state index in [2.05, 4.69) is 51.2 Å². The average molecular weight is 274 g/mol. The van der Waals surface area contributed by atoms with Crippen molar-refractivity contribution in [3.05, 3.63) is 29.3 Å². The Morgan fingerprint density at radius 3 is 2.70 bits per heavy atom. The second kappa shape index (κ2) is 7.31. The fraction of sp³-hybridized carbons (Fsp3) is 0.588.